The first-order chi connectivity index (χ1) is 52.4. The molecule has 0 bridgehead atoms. The van der Waals surface area contributed by atoms with E-state index < -0.39 is 0 Å². The predicted molar refractivity (Wildman–Crippen MR) is 459 cm³/mol. The van der Waals surface area contributed by atoms with Crippen molar-refractivity contribution in [2.24, 2.45) is 0 Å². The fourth-order valence-electron chi connectivity index (χ4n) is 15.6. The van der Waals surface area contributed by atoms with Crippen molar-refractivity contribution >= 4 is 176 Å². The van der Waals surface area contributed by atoms with Crippen LogP contribution in [0.15, 0.2) is 385 Å². The zero-order chi connectivity index (χ0) is 72.3. The number of furan rings is 3. The molecule has 0 amide bonds. The van der Waals surface area contributed by atoms with Crippen LogP contribution in [-0.4, -0.2) is 0 Å². The van der Waals surface area contributed by atoms with Crippen molar-refractivity contribution in [3.63, 3.8) is 0 Å². The van der Waals surface area contributed by atoms with Gasteiger partial charge in [-0.1, -0.05) is 250 Å². The molecule has 3 heterocycles. The van der Waals surface area contributed by atoms with Crippen LogP contribution in [-0.2, 0) is 5.41 Å². The van der Waals surface area contributed by atoms with Crippen LogP contribution in [0.25, 0.3) is 110 Å². The standard InChI is InChI=1S/C34H22BrNO.C33H24BrNO.C31H22BrNO/c35-26-15-19-33-30(21-26)31-22-28(18-20-34(31)37-33)36(32-12-6-10-25-9-4-5-11-29(25)32)27-16-13-24(14-17-27)23-7-2-1-3-8-23;1-33(2)29-11-7-6-10-25(29)26-19-23(13-15-30(26)33)35(22-8-4-3-5-9-22)24-14-17-32-28(20-24)27-18-21(34)12-16-31(27)36-32;1-21-28(17-19-30-31(21)27-20-24(32)14-18-29(27)34-30)33(25-10-6-3-7-11-25)26-15-12-23(13-16-26)22-8-4-2-5-9-22/h1-22H;3-20H,1-2H3;2-20H,1H3. The van der Waals surface area contributed by atoms with Crippen LogP contribution in [0.1, 0.15) is 30.5 Å². The van der Waals surface area contributed by atoms with Gasteiger partial charge >= 0.3 is 0 Å². The van der Waals surface area contributed by atoms with E-state index in [0.717, 1.165) is 130 Å². The van der Waals surface area contributed by atoms with Crippen molar-refractivity contribution in [1.82, 2.24) is 0 Å². The topological polar surface area (TPSA) is 49.1 Å². The number of hydrogen-bond donors (Lipinski definition) is 0. The molecule has 9 heteroatoms. The Hall–Kier alpha value is -12.0. The number of fused-ring (bicyclic) bond motifs is 13. The molecule has 514 valence electrons. The minimum absolute atomic E-state index is 0.00988. The number of aryl methyl sites for hydroxylation is 1. The summed E-state index contributed by atoms with van der Waals surface area (Å²) < 4.78 is 21.6. The Balaban J connectivity index is 0.000000114. The van der Waals surface area contributed by atoms with Crippen LogP contribution in [0.2, 0.25) is 0 Å². The van der Waals surface area contributed by atoms with Gasteiger partial charge in [0.2, 0.25) is 0 Å². The van der Waals surface area contributed by atoms with E-state index in [9.17, 15) is 0 Å². The minimum atomic E-state index is -0.00988. The van der Waals surface area contributed by atoms with Crippen LogP contribution in [0.5, 0.6) is 0 Å². The molecule has 0 saturated heterocycles. The summed E-state index contributed by atoms with van der Waals surface area (Å²) in [6, 6.07) is 126. The second-order valence-electron chi connectivity index (χ2n) is 27.6. The summed E-state index contributed by atoms with van der Waals surface area (Å²) >= 11 is 10.9. The number of hydrogen-bond acceptors (Lipinski definition) is 6. The van der Waals surface area contributed by atoms with Gasteiger partial charge in [-0.3, -0.25) is 0 Å². The number of anilines is 9. The SMILES string of the molecule is Brc1ccc2oc3ccc(N(c4ccc(-c5ccccc5)cc4)c4cccc5ccccc45)cc3c2c1.CC1(C)c2ccccc2-c2cc(N(c3ccccc3)c3ccc4oc5ccc(Br)cc5c4c3)ccc21.Cc1c(N(c2ccccc2)c2ccc(-c3ccccc3)cc2)ccc2oc3ccc(Br)cc3c12. The predicted octanol–water partition coefficient (Wildman–Crippen LogP) is 30.6. The average Bonchev–Trinajstić information content (AvgIpc) is 1.62. The second kappa shape index (κ2) is 28.1. The summed E-state index contributed by atoms with van der Waals surface area (Å²) in [7, 11) is 0. The summed E-state index contributed by atoms with van der Waals surface area (Å²) in [5, 5.41) is 9.10. The van der Waals surface area contributed by atoms with E-state index in [-0.39, 0.29) is 5.41 Å². The molecule has 3 aromatic heterocycles. The third-order valence-corrected chi connectivity index (χ3v) is 22.2. The largest absolute Gasteiger partial charge is 0.456 e. The molecular weight excluding hydrogens is 1510 g/mol. The molecule has 6 nitrogen and oxygen atoms in total. The van der Waals surface area contributed by atoms with Crippen LogP contribution in [0.3, 0.4) is 0 Å². The number of nitrogens with zero attached hydrogens (tertiary/aromatic N) is 3. The molecular formula is C98H68Br3N3O3. The number of rotatable bonds is 11. The van der Waals surface area contributed by atoms with Crippen molar-refractivity contribution in [3.8, 4) is 33.4 Å². The molecule has 107 heavy (non-hydrogen) atoms. The van der Waals surface area contributed by atoms with Crippen LogP contribution >= 0.6 is 47.8 Å². The maximum absolute atomic E-state index is 6.16. The molecule has 0 atom stereocenters. The highest BCUT2D eigenvalue weighted by molar-refractivity contribution is 9.11. The van der Waals surface area contributed by atoms with Crippen molar-refractivity contribution in [1.29, 1.82) is 0 Å². The Kier molecular flexibility index (Phi) is 17.6. The minimum Gasteiger partial charge on any atom is -0.456 e. The smallest absolute Gasteiger partial charge is 0.135 e. The molecule has 0 spiro atoms. The molecule has 0 saturated carbocycles. The number of halogens is 3. The summed E-state index contributed by atoms with van der Waals surface area (Å²) in [5.74, 6) is 0. The lowest BCUT2D eigenvalue weighted by Crippen LogP contribution is -2.15. The summed E-state index contributed by atoms with van der Waals surface area (Å²) in [4.78, 5) is 7.00. The molecule has 0 N–H and O–H groups in total. The Morgan fingerprint density at radius 1 is 0.252 bits per heavy atom. The molecule has 19 aromatic rings. The Morgan fingerprint density at radius 3 is 1.20 bits per heavy atom. The maximum Gasteiger partial charge on any atom is 0.135 e. The lowest BCUT2D eigenvalue weighted by Gasteiger charge is -2.27. The summed E-state index contributed by atoms with van der Waals surface area (Å²) in [5.41, 5.74) is 26.8. The molecule has 1 aliphatic rings. The lowest BCUT2D eigenvalue weighted by atomic mass is 9.82. The van der Waals surface area contributed by atoms with Gasteiger partial charge < -0.3 is 28.0 Å². The molecule has 0 fully saturated rings. The van der Waals surface area contributed by atoms with E-state index in [0.29, 0.717) is 0 Å². The zero-order valence-electron chi connectivity index (χ0n) is 58.8. The van der Waals surface area contributed by atoms with E-state index in [1.165, 1.54) is 60.8 Å². The average molecular weight is 1580 g/mol. The van der Waals surface area contributed by atoms with Gasteiger partial charge in [-0.25, -0.2) is 0 Å². The second-order valence-corrected chi connectivity index (χ2v) is 30.3. The summed E-state index contributed by atoms with van der Waals surface area (Å²) in [6.07, 6.45) is 0. The highest BCUT2D eigenvalue weighted by Gasteiger charge is 2.36. The van der Waals surface area contributed by atoms with Gasteiger partial charge in [0, 0.05) is 102 Å². The molecule has 0 unspecified atom stereocenters. The third-order valence-electron chi connectivity index (χ3n) is 20.7. The highest BCUT2D eigenvalue weighted by atomic mass is 79.9. The zero-order valence-corrected chi connectivity index (χ0v) is 63.5. The van der Waals surface area contributed by atoms with Crippen LogP contribution < -0.4 is 14.7 Å². The van der Waals surface area contributed by atoms with E-state index in [1.54, 1.807) is 0 Å². The van der Waals surface area contributed by atoms with Gasteiger partial charge in [0.05, 0.1) is 5.69 Å². The first-order valence-corrected chi connectivity index (χ1v) is 38.2. The van der Waals surface area contributed by atoms with Gasteiger partial charge in [-0.15, -0.1) is 0 Å². The van der Waals surface area contributed by atoms with E-state index in [1.807, 2.05) is 48.5 Å². The Bertz CT molecular complexity index is 6530. The van der Waals surface area contributed by atoms with Crippen LogP contribution in [0, 0.1) is 6.92 Å². The first kappa shape index (κ1) is 66.9. The van der Waals surface area contributed by atoms with Crippen LogP contribution in [0.4, 0.5) is 51.2 Å². The van der Waals surface area contributed by atoms with Crippen molar-refractivity contribution < 1.29 is 13.3 Å². The third kappa shape index (κ3) is 12.6. The van der Waals surface area contributed by atoms with Gasteiger partial charge in [-0.2, -0.15) is 0 Å². The quantitative estimate of drug-likeness (QED) is 0.129. The molecule has 1 aliphatic carbocycles. The van der Waals surface area contributed by atoms with E-state index in [4.69, 9.17) is 13.3 Å². The highest BCUT2D eigenvalue weighted by Crippen LogP contribution is 2.52. The van der Waals surface area contributed by atoms with Gasteiger partial charge in [-0.05, 0) is 232 Å². The maximum atomic E-state index is 6.16. The van der Waals surface area contributed by atoms with E-state index in [2.05, 4.69) is 393 Å². The fourth-order valence-corrected chi connectivity index (χ4v) is 16.7. The Labute approximate surface area is 646 Å². The Morgan fingerprint density at radius 2 is 0.626 bits per heavy atom. The normalized spacial score (nSPS) is 12.1. The summed E-state index contributed by atoms with van der Waals surface area (Å²) in [6.45, 7) is 6.83. The van der Waals surface area contributed by atoms with Crippen molar-refractivity contribution in [3.05, 3.63) is 388 Å². The van der Waals surface area contributed by atoms with Crippen molar-refractivity contribution in [2.75, 3.05) is 14.7 Å². The monoisotopic (exact) mass is 1570 g/mol. The van der Waals surface area contributed by atoms with Gasteiger partial charge in [0.1, 0.15) is 33.5 Å². The van der Waals surface area contributed by atoms with Crippen molar-refractivity contribution in [2.45, 2.75) is 26.2 Å². The molecule has 16 aromatic carbocycles. The van der Waals surface area contributed by atoms with Gasteiger partial charge in [0.25, 0.3) is 0 Å². The first-order valence-electron chi connectivity index (χ1n) is 35.8. The molecule has 0 radical (unpaired) electrons. The lowest BCUT2D eigenvalue weighted by molar-refractivity contribution is 0.660. The number of para-hydroxylation sites is 2. The molecule has 20 rings (SSSR count). The number of benzene rings is 16. The molecule has 0 aliphatic heterocycles. The fraction of sp³-hybridized carbons (Fsp3) is 0.0408. The van der Waals surface area contributed by atoms with E-state index >= 15 is 0 Å². The van der Waals surface area contributed by atoms with Gasteiger partial charge in [0.15, 0.2) is 0 Å².